The molecule has 0 unspecified atom stereocenters. The van der Waals surface area contributed by atoms with E-state index in [0.29, 0.717) is 5.82 Å². The van der Waals surface area contributed by atoms with Gasteiger partial charge in [-0.3, -0.25) is 14.6 Å². The lowest BCUT2D eigenvalue weighted by molar-refractivity contribution is -0.144. The third kappa shape index (κ3) is 5.79. The maximum atomic E-state index is 13.9. The van der Waals surface area contributed by atoms with Crippen LogP contribution in [0.3, 0.4) is 0 Å². The number of tetrazole rings is 1. The molecule has 1 atom stereocenters. The van der Waals surface area contributed by atoms with Gasteiger partial charge in [0.05, 0.1) is 7.11 Å². The number of hydrogen-bond acceptors (Lipinski definition) is 7. The van der Waals surface area contributed by atoms with Crippen LogP contribution < -0.4 is 10.1 Å². The van der Waals surface area contributed by atoms with E-state index in [1.54, 1.807) is 24.4 Å². The number of methoxy groups -OCH3 is 1. The molecule has 3 aromatic rings. The van der Waals surface area contributed by atoms with Gasteiger partial charge in [-0.25, -0.2) is 0 Å². The summed E-state index contributed by atoms with van der Waals surface area (Å²) in [6.45, 7) is -0.0993. The summed E-state index contributed by atoms with van der Waals surface area (Å²) in [6.07, 6.45) is 11.3. The Hall–Kier alpha value is -3.82. The first-order valence-electron chi connectivity index (χ1n) is 13.1. The van der Waals surface area contributed by atoms with Gasteiger partial charge in [-0.2, -0.15) is 4.80 Å². The van der Waals surface area contributed by atoms with Gasteiger partial charge >= 0.3 is 0 Å². The number of nitrogens with one attached hydrogen (secondary N) is 1. The minimum atomic E-state index is -0.733. The predicted molar refractivity (Wildman–Crippen MR) is 136 cm³/mol. The Morgan fingerprint density at radius 2 is 1.70 bits per heavy atom. The van der Waals surface area contributed by atoms with Crippen molar-refractivity contribution in [1.82, 2.24) is 35.4 Å². The number of carbonyl (C=O) groups is 2. The number of pyridine rings is 1. The highest BCUT2D eigenvalue weighted by Gasteiger charge is 2.38. The molecule has 1 N–H and O–H groups in total. The minimum absolute atomic E-state index is 0.0235. The molecule has 2 fully saturated rings. The summed E-state index contributed by atoms with van der Waals surface area (Å²) in [5.41, 5.74) is 1.54. The second-order valence-electron chi connectivity index (χ2n) is 9.78. The third-order valence-corrected chi connectivity index (χ3v) is 7.33. The first kappa shape index (κ1) is 24.9. The number of carbonyl (C=O) groups excluding carboxylic acids is 2. The number of nitrogens with zero attached hydrogens (tertiary/aromatic N) is 6. The van der Waals surface area contributed by atoms with Crippen molar-refractivity contribution in [2.75, 3.05) is 7.11 Å². The van der Waals surface area contributed by atoms with Crippen LogP contribution in [0.25, 0.3) is 11.4 Å². The Morgan fingerprint density at radius 3 is 2.38 bits per heavy atom. The maximum Gasteiger partial charge on any atom is 0.247 e. The van der Waals surface area contributed by atoms with Crippen LogP contribution in [-0.4, -0.2) is 61.1 Å². The van der Waals surface area contributed by atoms with Gasteiger partial charge in [0.15, 0.2) is 0 Å². The summed E-state index contributed by atoms with van der Waals surface area (Å²) in [5.74, 6) is 0.821. The molecule has 2 aliphatic rings. The van der Waals surface area contributed by atoms with E-state index in [-0.39, 0.29) is 30.4 Å². The largest absolute Gasteiger partial charge is 0.497 e. The summed E-state index contributed by atoms with van der Waals surface area (Å²) in [6, 6.07) is 10.4. The maximum absolute atomic E-state index is 13.9. The lowest BCUT2D eigenvalue weighted by Crippen LogP contribution is -2.50. The van der Waals surface area contributed by atoms with Gasteiger partial charge in [0, 0.05) is 30.0 Å². The molecular weight excluding hydrogens is 470 g/mol. The number of ether oxygens (including phenoxy) is 1. The van der Waals surface area contributed by atoms with Crippen LogP contribution in [0.1, 0.15) is 63.0 Å². The SMILES string of the molecule is COc1ccc(-c2nnn(CC(=O)N(C3CCCC3)[C@@H](C(=O)NC3CCCC3)c3ccncc3)n2)cc1. The van der Waals surface area contributed by atoms with Crippen molar-refractivity contribution in [1.29, 1.82) is 0 Å². The number of hydrogen-bond donors (Lipinski definition) is 1. The molecule has 2 aromatic heterocycles. The van der Waals surface area contributed by atoms with E-state index in [9.17, 15) is 9.59 Å². The van der Waals surface area contributed by atoms with E-state index < -0.39 is 6.04 Å². The molecule has 194 valence electrons. The smallest absolute Gasteiger partial charge is 0.247 e. The molecule has 10 heteroatoms. The van der Waals surface area contributed by atoms with Crippen LogP contribution in [0.5, 0.6) is 5.75 Å². The summed E-state index contributed by atoms with van der Waals surface area (Å²) >= 11 is 0. The van der Waals surface area contributed by atoms with E-state index in [4.69, 9.17) is 4.74 Å². The Morgan fingerprint density at radius 1 is 1.03 bits per heavy atom. The molecule has 2 saturated carbocycles. The van der Waals surface area contributed by atoms with Gasteiger partial charge < -0.3 is 15.0 Å². The van der Waals surface area contributed by atoms with Crippen molar-refractivity contribution in [3.8, 4) is 17.1 Å². The summed E-state index contributed by atoms with van der Waals surface area (Å²) in [4.78, 5) is 34.8. The van der Waals surface area contributed by atoms with E-state index >= 15 is 0 Å². The fraction of sp³-hybridized carbons (Fsp3) is 0.481. The van der Waals surface area contributed by atoms with Crippen molar-refractivity contribution >= 4 is 11.8 Å². The highest BCUT2D eigenvalue weighted by atomic mass is 16.5. The van der Waals surface area contributed by atoms with E-state index in [1.165, 1.54) is 4.80 Å². The molecule has 1 aromatic carbocycles. The Bertz CT molecular complexity index is 1190. The van der Waals surface area contributed by atoms with Crippen molar-refractivity contribution in [2.45, 2.75) is 76.0 Å². The average Bonchev–Trinajstić information content (AvgIpc) is 3.71. The van der Waals surface area contributed by atoms with Crippen molar-refractivity contribution < 1.29 is 14.3 Å². The minimum Gasteiger partial charge on any atom is -0.497 e. The van der Waals surface area contributed by atoms with Gasteiger partial charge in [-0.05, 0) is 72.9 Å². The summed E-state index contributed by atoms with van der Waals surface area (Å²) in [5, 5.41) is 15.9. The first-order chi connectivity index (χ1) is 18.1. The molecule has 37 heavy (non-hydrogen) atoms. The fourth-order valence-corrected chi connectivity index (χ4v) is 5.44. The van der Waals surface area contributed by atoms with Gasteiger partial charge in [0.2, 0.25) is 17.6 Å². The lowest BCUT2D eigenvalue weighted by atomic mass is 10.0. The van der Waals surface area contributed by atoms with Gasteiger partial charge in [0.25, 0.3) is 0 Å². The van der Waals surface area contributed by atoms with Gasteiger partial charge in [0.1, 0.15) is 18.3 Å². The normalized spacial score (nSPS) is 17.0. The summed E-state index contributed by atoms with van der Waals surface area (Å²) in [7, 11) is 1.61. The molecule has 0 aliphatic heterocycles. The highest BCUT2D eigenvalue weighted by Crippen LogP contribution is 2.32. The molecular formula is C27H33N7O3. The van der Waals surface area contributed by atoms with Crippen LogP contribution in [0, 0.1) is 0 Å². The molecule has 2 aliphatic carbocycles. The molecule has 0 spiro atoms. The highest BCUT2D eigenvalue weighted by molar-refractivity contribution is 5.89. The van der Waals surface area contributed by atoms with Crippen molar-refractivity contribution in [2.24, 2.45) is 0 Å². The van der Waals surface area contributed by atoms with Crippen LogP contribution in [0.15, 0.2) is 48.8 Å². The zero-order chi connectivity index (χ0) is 25.6. The number of benzene rings is 1. The molecule has 0 radical (unpaired) electrons. The Balaban J connectivity index is 1.40. The molecule has 2 heterocycles. The zero-order valence-electron chi connectivity index (χ0n) is 21.1. The van der Waals surface area contributed by atoms with E-state index in [0.717, 1.165) is 68.2 Å². The molecule has 0 bridgehead atoms. The summed E-state index contributed by atoms with van der Waals surface area (Å²) < 4.78 is 5.21. The molecule has 0 saturated heterocycles. The second-order valence-corrected chi connectivity index (χ2v) is 9.78. The van der Waals surface area contributed by atoms with Crippen molar-refractivity contribution in [3.63, 3.8) is 0 Å². The zero-order valence-corrected chi connectivity index (χ0v) is 21.1. The molecule has 5 rings (SSSR count). The van der Waals surface area contributed by atoms with E-state index in [1.807, 2.05) is 36.4 Å². The fourth-order valence-electron chi connectivity index (χ4n) is 5.44. The van der Waals surface area contributed by atoms with Crippen LogP contribution >= 0.6 is 0 Å². The van der Waals surface area contributed by atoms with Crippen LogP contribution in [-0.2, 0) is 16.1 Å². The number of aromatic nitrogens is 5. The quantitative estimate of drug-likeness (QED) is 0.476. The molecule has 10 nitrogen and oxygen atoms in total. The number of amides is 2. The average molecular weight is 504 g/mol. The first-order valence-corrected chi connectivity index (χ1v) is 13.1. The van der Waals surface area contributed by atoms with Crippen LogP contribution in [0.4, 0.5) is 0 Å². The Labute approximate surface area is 216 Å². The van der Waals surface area contributed by atoms with Crippen molar-refractivity contribution in [3.05, 3.63) is 54.4 Å². The van der Waals surface area contributed by atoms with Gasteiger partial charge in [-0.1, -0.05) is 25.7 Å². The Kier molecular flexibility index (Phi) is 7.72. The standard InChI is InChI=1S/C27H33N7O3/c1-37-23-12-10-20(11-13-23)26-30-32-33(31-26)18-24(35)34(22-8-4-5-9-22)25(19-14-16-28-17-15-19)27(36)29-21-6-2-3-7-21/h10-17,21-22,25H,2-9,18H2,1H3,(H,29,36)/t25-/m1/s1. The van der Waals surface area contributed by atoms with E-state index in [2.05, 4.69) is 25.7 Å². The topological polar surface area (TPSA) is 115 Å². The predicted octanol–water partition coefficient (Wildman–Crippen LogP) is 3.32. The third-order valence-electron chi connectivity index (χ3n) is 7.33. The second kappa shape index (κ2) is 11.5. The van der Waals surface area contributed by atoms with Gasteiger partial charge in [-0.15, -0.1) is 10.2 Å². The van der Waals surface area contributed by atoms with Crippen LogP contribution in [0.2, 0.25) is 0 Å². The number of rotatable bonds is 9. The lowest BCUT2D eigenvalue weighted by Gasteiger charge is -2.36. The molecule has 2 amide bonds. The monoisotopic (exact) mass is 503 g/mol.